The molecule has 1 unspecified atom stereocenters. The zero-order chi connectivity index (χ0) is 14.8. The molecule has 0 bridgehead atoms. The second kappa shape index (κ2) is 6.15. The Hall–Kier alpha value is -1.06. The number of hydrogen-bond acceptors (Lipinski definition) is 3. The lowest BCUT2D eigenvalue weighted by Crippen LogP contribution is -2.51. The van der Waals surface area contributed by atoms with Crippen molar-refractivity contribution in [2.45, 2.75) is 52.1 Å². The van der Waals surface area contributed by atoms with E-state index in [1.807, 2.05) is 0 Å². The minimum Gasteiger partial charge on any atom is -0.493 e. The Morgan fingerprint density at radius 3 is 2.65 bits per heavy atom. The number of aryl methyl sites for hydroxylation is 1. The van der Waals surface area contributed by atoms with E-state index in [-0.39, 0.29) is 11.6 Å². The summed E-state index contributed by atoms with van der Waals surface area (Å²) in [6.45, 7) is 11.7. The zero-order valence-corrected chi connectivity index (χ0v) is 13.3. The molecule has 0 aliphatic carbocycles. The van der Waals surface area contributed by atoms with E-state index in [9.17, 15) is 0 Å². The predicted octanol–water partition coefficient (Wildman–Crippen LogP) is 3.13. The summed E-state index contributed by atoms with van der Waals surface area (Å²) in [5.41, 5.74) is 9.00. The largest absolute Gasteiger partial charge is 0.493 e. The third kappa shape index (κ3) is 2.70. The second-order valence-electron chi connectivity index (χ2n) is 6.09. The first-order valence-electron chi connectivity index (χ1n) is 7.77. The number of nitrogens with two attached hydrogens (primary N) is 1. The molecule has 20 heavy (non-hydrogen) atoms. The van der Waals surface area contributed by atoms with Gasteiger partial charge >= 0.3 is 0 Å². The Morgan fingerprint density at radius 1 is 1.30 bits per heavy atom. The van der Waals surface area contributed by atoms with Gasteiger partial charge in [-0.25, -0.2) is 0 Å². The van der Waals surface area contributed by atoms with Crippen molar-refractivity contribution >= 4 is 0 Å². The maximum Gasteiger partial charge on any atom is 0.127 e. The Labute approximate surface area is 123 Å². The summed E-state index contributed by atoms with van der Waals surface area (Å²) < 4.78 is 5.92. The van der Waals surface area contributed by atoms with Gasteiger partial charge in [0.2, 0.25) is 0 Å². The molecule has 1 aliphatic heterocycles. The van der Waals surface area contributed by atoms with Crippen LogP contribution in [-0.2, 0) is 6.42 Å². The molecular weight excluding hydrogens is 248 g/mol. The van der Waals surface area contributed by atoms with Crippen LogP contribution in [0.3, 0.4) is 0 Å². The topological polar surface area (TPSA) is 38.5 Å². The van der Waals surface area contributed by atoms with E-state index in [1.165, 1.54) is 5.56 Å². The van der Waals surface area contributed by atoms with E-state index in [0.29, 0.717) is 0 Å². The van der Waals surface area contributed by atoms with Crippen LogP contribution in [0.5, 0.6) is 5.75 Å². The smallest absolute Gasteiger partial charge is 0.127 e. The fourth-order valence-corrected chi connectivity index (χ4v) is 3.28. The van der Waals surface area contributed by atoms with E-state index in [1.54, 1.807) is 0 Å². The average Bonchev–Trinajstić information content (AvgIpc) is 2.47. The number of benzene rings is 1. The van der Waals surface area contributed by atoms with Gasteiger partial charge in [0.15, 0.2) is 0 Å². The molecule has 1 aromatic carbocycles. The van der Waals surface area contributed by atoms with Gasteiger partial charge in [0.25, 0.3) is 0 Å². The van der Waals surface area contributed by atoms with Crippen molar-refractivity contribution in [3.63, 3.8) is 0 Å². The molecule has 0 saturated heterocycles. The van der Waals surface area contributed by atoms with Crippen LogP contribution >= 0.6 is 0 Å². The summed E-state index contributed by atoms with van der Waals surface area (Å²) in [5, 5.41) is 0. The highest BCUT2D eigenvalue weighted by Gasteiger charge is 2.34. The van der Waals surface area contributed by atoms with Gasteiger partial charge in [0.05, 0.1) is 12.6 Å². The highest BCUT2D eigenvalue weighted by Crippen LogP contribution is 2.37. The molecule has 0 spiro atoms. The SMILES string of the molecule is CCN(CC)C(C)(C)C(N)c1cccc2c1OCCC2. The lowest BCUT2D eigenvalue weighted by atomic mass is 9.85. The summed E-state index contributed by atoms with van der Waals surface area (Å²) in [5.74, 6) is 1.03. The number of ether oxygens (including phenoxy) is 1. The van der Waals surface area contributed by atoms with Crippen LogP contribution in [0.25, 0.3) is 0 Å². The van der Waals surface area contributed by atoms with Gasteiger partial charge in [0, 0.05) is 11.1 Å². The molecule has 0 saturated carbocycles. The van der Waals surface area contributed by atoms with E-state index in [2.05, 4.69) is 50.8 Å². The molecular formula is C17H28N2O. The van der Waals surface area contributed by atoms with E-state index in [0.717, 1.165) is 43.9 Å². The van der Waals surface area contributed by atoms with Crippen LogP contribution in [-0.4, -0.2) is 30.1 Å². The number of fused-ring (bicyclic) bond motifs is 1. The predicted molar refractivity (Wildman–Crippen MR) is 84.2 cm³/mol. The lowest BCUT2D eigenvalue weighted by Gasteiger charge is -2.42. The fourth-order valence-electron chi connectivity index (χ4n) is 3.28. The minimum absolute atomic E-state index is 0.0459. The molecule has 3 heteroatoms. The zero-order valence-electron chi connectivity index (χ0n) is 13.3. The highest BCUT2D eigenvalue weighted by atomic mass is 16.5. The summed E-state index contributed by atoms with van der Waals surface area (Å²) >= 11 is 0. The highest BCUT2D eigenvalue weighted by molar-refractivity contribution is 5.45. The van der Waals surface area contributed by atoms with Gasteiger partial charge in [-0.05, 0) is 45.3 Å². The number of nitrogens with zero attached hydrogens (tertiary/aromatic N) is 1. The standard InChI is InChI=1S/C17H28N2O/c1-5-19(6-2)17(3,4)16(18)14-11-7-9-13-10-8-12-20-15(13)14/h7,9,11,16H,5-6,8,10,12,18H2,1-4H3. The van der Waals surface area contributed by atoms with Crippen molar-refractivity contribution in [1.82, 2.24) is 4.90 Å². The molecule has 2 rings (SSSR count). The van der Waals surface area contributed by atoms with Crippen molar-refractivity contribution < 1.29 is 4.74 Å². The fraction of sp³-hybridized carbons (Fsp3) is 0.647. The van der Waals surface area contributed by atoms with Crippen molar-refractivity contribution in [3.8, 4) is 5.75 Å². The van der Waals surface area contributed by atoms with E-state index >= 15 is 0 Å². The third-order valence-corrected chi connectivity index (χ3v) is 4.64. The van der Waals surface area contributed by atoms with Crippen LogP contribution in [0.4, 0.5) is 0 Å². The number of hydrogen-bond donors (Lipinski definition) is 1. The molecule has 0 aromatic heterocycles. The first kappa shape index (κ1) is 15.3. The summed E-state index contributed by atoms with van der Waals surface area (Å²) in [4.78, 5) is 2.42. The summed E-state index contributed by atoms with van der Waals surface area (Å²) in [6, 6.07) is 6.35. The van der Waals surface area contributed by atoms with Crippen molar-refractivity contribution in [3.05, 3.63) is 29.3 Å². The van der Waals surface area contributed by atoms with Gasteiger partial charge < -0.3 is 10.5 Å². The van der Waals surface area contributed by atoms with Crippen LogP contribution in [0.1, 0.15) is 51.3 Å². The van der Waals surface area contributed by atoms with Crippen molar-refractivity contribution in [1.29, 1.82) is 0 Å². The lowest BCUT2D eigenvalue weighted by molar-refractivity contribution is 0.105. The maximum absolute atomic E-state index is 6.63. The Balaban J connectivity index is 2.35. The van der Waals surface area contributed by atoms with Crippen LogP contribution in [0.15, 0.2) is 18.2 Å². The van der Waals surface area contributed by atoms with Gasteiger partial charge in [-0.1, -0.05) is 32.0 Å². The molecule has 3 nitrogen and oxygen atoms in total. The Bertz CT molecular complexity index is 452. The van der Waals surface area contributed by atoms with Gasteiger partial charge in [-0.2, -0.15) is 0 Å². The van der Waals surface area contributed by atoms with Crippen LogP contribution in [0, 0.1) is 0 Å². The van der Waals surface area contributed by atoms with E-state index < -0.39 is 0 Å². The first-order chi connectivity index (χ1) is 9.52. The van der Waals surface area contributed by atoms with Gasteiger partial charge in [0.1, 0.15) is 5.75 Å². The molecule has 0 radical (unpaired) electrons. The molecule has 112 valence electrons. The van der Waals surface area contributed by atoms with Gasteiger partial charge in [-0.15, -0.1) is 0 Å². The third-order valence-electron chi connectivity index (χ3n) is 4.64. The number of likely N-dealkylation sites (N-methyl/N-ethyl adjacent to an activating group) is 1. The normalized spacial score (nSPS) is 16.7. The monoisotopic (exact) mass is 276 g/mol. The maximum atomic E-state index is 6.63. The summed E-state index contributed by atoms with van der Waals surface area (Å²) in [7, 11) is 0. The Morgan fingerprint density at radius 2 is 2.00 bits per heavy atom. The van der Waals surface area contributed by atoms with Gasteiger partial charge in [-0.3, -0.25) is 4.90 Å². The Kier molecular flexibility index (Phi) is 4.71. The van der Waals surface area contributed by atoms with Crippen LogP contribution < -0.4 is 10.5 Å². The molecule has 1 aliphatic rings. The molecule has 1 atom stereocenters. The number of rotatable bonds is 5. The second-order valence-corrected chi connectivity index (χ2v) is 6.09. The molecule has 0 fully saturated rings. The van der Waals surface area contributed by atoms with E-state index in [4.69, 9.17) is 10.5 Å². The average molecular weight is 276 g/mol. The molecule has 2 N–H and O–H groups in total. The van der Waals surface area contributed by atoms with Crippen LogP contribution in [0.2, 0.25) is 0 Å². The van der Waals surface area contributed by atoms with Crippen molar-refractivity contribution in [2.75, 3.05) is 19.7 Å². The number of para-hydroxylation sites is 1. The first-order valence-corrected chi connectivity index (χ1v) is 7.77. The minimum atomic E-state index is -0.0839. The summed E-state index contributed by atoms with van der Waals surface area (Å²) in [6.07, 6.45) is 2.20. The quantitative estimate of drug-likeness (QED) is 0.898. The molecule has 0 amide bonds. The van der Waals surface area contributed by atoms with Crippen molar-refractivity contribution in [2.24, 2.45) is 5.73 Å². The molecule has 1 heterocycles. The molecule has 1 aromatic rings.